The van der Waals surface area contributed by atoms with Crippen LogP contribution in [0.15, 0.2) is 18.2 Å². The van der Waals surface area contributed by atoms with Crippen molar-refractivity contribution in [3.63, 3.8) is 0 Å². The number of hydrogen-bond donors (Lipinski definition) is 1. The maximum atomic E-state index is 11.2. The molecule has 0 radical (unpaired) electrons. The highest BCUT2D eigenvalue weighted by molar-refractivity contribution is 6.31. The van der Waals surface area contributed by atoms with Crippen molar-refractivity contribution < 1.29 is 19.4 Å². The van der Waals surface area contributed by atoms with Crippen LogP contribution in [-0.2, 0) is 14.3 Å². The summed E-state index contributed by atoms with van der Waals surface area (Å²) in [4.78, 5) is 11.2. The lowest BCUT2D eigenvalue weighted by Gasteiger charge is -2.14. The fourth-order valence-electron chi connectivity index (χ4n) is 2.07. The SMILES string of the molecule is COC(=O)C(O)c1ccc(C2CCOC2)c(Cl)c1. The summed E-state index contributed by atoms with van der Waals surface area (Å²) in [5.74, 6) is -0.398. The number of carbonyl (C=O) groups excluding carboxylic acids is 1. The van der Waals surface area contributed by atoms with Crippen molar-refractivity contribution in [3.8, 4) is 0 Å². The molecule has 1 aliphatic heterocycles. The minimum absolute atomic E-state index is 0.293. The lowest BCUT2D eigenvalue weighted by molar-refractivity contribution is -0.150. The van der Waals surface area contributed by atoms with E-state index in [0.717, 1.165) is 18.6 Å². The molecule has 0 amide bonds. The average Bonchev–Trinajstić information content (AvgIpc) is 2.90. The second-order valence-corrected chi connectivity index (χ2v) is 4.67. The summed E-state index contributed by atoms with van der Waals surface area (Å²) in [6.45, 7) is 1.41. The number of halogens is 1. The molecule has 5 heteroatoms. The lowest BCUT2D eigenvalue weighted by Crippen LogP contribution is -2.13. The van der Waals surface area contributed by atoms with Gasteiger partial charge in [-0.2, -0.15) is 0 Å². The molecular weight excluding hydrogens is 256 g/mol. The van der Waals surface area contributed by atoms with Crippen molar-refractivity contribution in [2.45, 2.75) is 18.4 Å². The molecule has 98 valence electrons. The summed E-state index contributed by atoms with van der Waals surface area (Å²) in [7, 11) is 1.23. The third-order valence-corrected chi connectivity index (χ3v) is 3.46. The molecule has 4 nitrogen and oxygen atoms in total. The van der Waals surface area contributed by atoms with Gasteiger partial charge in [-0.25, -0.2) is 4.79 Å². The molecular formula is C13H15ClO4. The first-order chi connectivity index (χ1) is 8.63. The van der Waals surface area contributed by atoms with Gasteiger partial charge in [-0.3, -0.25) is 0 Å². The highest BCUT2D eigenvalue weighted by Crippen LogP contribution is 2.32. The van der Waals surface area contributed by atoms with E-state index < -0.39 is 12.1 Å². The van der Waals surface area contributed by atoms with Gasteiger partial charge in [0, 0.05) is 17.5 Å². The molecule has 1 heterocycles. The number of rotatable bonds is 3. The zero-order valence-electron chi connectivity index (χ0n) is 10.1. The van der Waals surface area contributed by atoms with Gasteiger partial charge in [0.1, 0.15) is 0 Å². The summed E-state index contributed by atoms with van der Waals surface area (Å²) in [6, 6.07) is 5.14. The second kappa shape index (κ2) is 5.69. The number of esters is 1. The average molecular weight is 271 g/mol. The Morgan fingerprint density at radius 1 is 1.61 bits per heavy atom. The number of carbonyl (C=O) groups is 1. The fraction of sp³-hybridized carbons (Fsp3) is 0.462. The highest BCUT2D eigenvalue weighted by atomic mass is 35.5. The molecule has 18 heavy (non-hydrogen) atoms. The first-order valence-corrected chi connectivity index (χ1v) is 6.14. The zero-order chi connectivity index (χ0) is 13.1. The summed E-state index contributed by atoms with van der Waals surface area (Å²) < 4.78 is 9.80. The normalized spacial score (nSPS) is 20.7. The lowest BCUT2D eigenvalue weighted by atomic mass is 9.96. The second-order valence-electron chi connectivity index (χ2n) is 4.27. The van der Waals surface area contributed by atoms with Crippen LogP contribution in [0.2, 0.25) is 5.02 Å². The third-order valence-electron chi connectivity index (χ3n) is 3.13. The molecule has 0 saturated carbocycles. The van der Waals surface area contributed by atoms with E-state index in [0.29, 0.717) is 23.1 Å². The van der Waals surface area contributed by atoms with Crippen LogP contribution in [0, 0.1) is 0 Å². The van der Waals surface area contributed by atoms with Crippen molar-refractivity contribution in [3.05, 3.63) is 34.3 Å². The Balaban J connectivity index is 2.21. The number of aliphatic hydroxyl groups is 1. The van der Waals surface area contributed by atoms with Crippen LogP contribution in [0.1, 0.15) is 29.6 Å². The Morgan fingerprint density at radius 2 is 2.39 bits per heavy atom. The number of aliphatic hydroxyl groups excluding tert-OH is 1. The van der Waals surface area contributed by atoms with E-state index in [1.54, 1.807) is 12.1 Å². The molecule has 0 bridgehead atoms. The first-order valence-electron chi connectivity index (χ1n) is 5.76. The summed E-state index contributed by atoms with van der Waals surface area (Å²) in [5.41, 5.74) is 1.43. The fourth-order valence-corrected chi connectivity index (χ4v) is 2.42. The largest absolute Gasteiger partial charge is 0.467 e. The molecule has 2 atom stereocenters. The van der Waals surface area contributed by atoms with Gasteiger partial charge in [0.15, 0.2) is 6.10 Å². The monoisotopic (exact) mass is 270 g/mol. The zero-order valence-corrected chi connectivity index (χ0v) is 10.8. The predicted molar refractivity (Wildman–Crippen MR) is 66.6 cm³/mol. The van der Waals surface area contributed by atoms with E-state index in [9.17, 15) is 9.90 Å². The molecule has 0 spiro atoms. The smallest absolute Gasteiger partial charge is 0.339 e. The number of ether oxygens (including phenoxy) is 2. The van der Waals surface area contributed by atoms with Crippen LogP contribution < -0.4 is 0 Å². The molecule has 1 aliphatic rings. The maximum Gasteiger partial charge on any atom is 0.339 e. The minimum Gasteiger partial charge on any atom is -0.467 e. The van der Waals surface area contributed by atoms with Gasteiger partial charge < -0.3 is 14.6 Å². The van der Waals surface area contributed by atoms with E-state index >= 15 is 0 Å². The van der Waals surface area contributed by atoms with Crippen molar-refractivity contribution in [2.75, 3.05) is 20.3 Å². The Labute approximate surface area is 110 Å². The van der Waals surface area contributed by atoms with Gasteiger partial charge in [0.05, 0.1) is 13.7 Å². The van der Waals surface area contributed by atoms with E-state index in [-0.39, 0.29) is 0 Å². The van der Waals surface area contributed by atoms with Crippen LogP contribution in [0.3, 0.4) is 0 Å². The highest BCUT2D eigenvalue weighted by Gasteiger charge is 2.23. The van der Waals surface area contributed by atoms with Crippen LogP contribution in [-0.4, -0.2) is 31.4 Å². The van der Waals surface area contributed by atoms with Gasteiger partial charge in [-0.05, 0) is 23.6 Å². The van der Waals surface area contributed by atoms with Crippen LogP contribution in [0.5, 0.6) is 0 Å². The molecule has 1 saturated heterocycles. The molecule has 1 aromatic rings. The molecule has 2 rings (SSSR count). The minimum atomic E-state index is -1.29. The van der Waals surface area contributed by atoms with Crippen LogP contribution >= 0.6 is 11.6 Å². The number of hydrogen-bond acceptors (Lipinski definition) is 4. The Kier molecular flexibility index (Phi) is 4.22. The van der Waals surface area contributed by atoms with Crippen molar-refractivity contribution in [2.24, 2.45) is 0 Å². The van der Waals surface area contributed by atoms with E-state index in [1.165, 1.54) is 7.11 Å². The summed E-state index contributed by atoms with van der Waals surface area (Å²) in [5, 5.41) is 10.3. The molecule has 0 aromatic heterocycles. The van der Waals surface area contributed by atoms with Gasteiger partial charge >= 0.3 is 5.97 Å². The van der Waals surface area contributed by atoms with Gasteiger partial charge in [0.2, 0.25) is 0 Å². The Bertz CT molecular complexity index is 441. The van der Waals surface area contributed by atoms with E-state index in [2.05, 4.69) is 4.74 Å². The number of benzene rings is 1. The first kappa shape index (κ1) is 13.3. The predicted octanol–water partition coefficient (Wildman–Crippen LogP) is 2.05. The molecule has 1 aromatic carbocycles. The van der Waals surface area contributed by atoms with Crippen LogP contribution in [0.4, 0.5) is 0 Å². The van der Waals surface area contributed by atoms with Gasteiger partial charge in [0.25, 0.3) is 0 Å². The van der Waals surface area contributed by atoms with Crippen molar-refractivity contribution in [1.29, 1.82) is 0 Å². The molecule has 1 N–H and O–H groups in total. The summed E-state index contributed by atoms with van der Waals surface area (Å²) in [6.07, 6.45) is -0.347. The Hall–Kier alpha value is -1.10. The third kappa shape index (κ3) is 2.66. The molecule has 1 fully saturated rings. The van der Waals surface area contributed by atoms with Crippen molar-refractivity contribution >= 4 is 17.6 Å². The topological polar surface area (TPSA) is 55.8 Å². The quantitative estimate of drug-likeness (QED) is 0.854. The number of methoxy groups -OCH3 is 1. The summed E-state index contributed by atoms with van der Waals surface area (Å²) >= 11 is 6.18. The standard InChI is InChI=1S/C13H15ClO4/c1-17-13(16)12(15)8-2-3-10(11(14)6-8)9-4-5-18-7-9/h2-3,6,9,12,15H,4-5,7H2,1H3. The maximum absolute atomic E-state index is 11.2. The molecule has 2 unspecified atom stereocenters. The van der Waals surface area contributed by atoms with E-state index in [4.69, 9.17) is 16.3 Å². The Morgan fingerprint density at radius 3 is 2.94 bits per heavy atom. The van der Waals surface area contributed by atoms with Crippen molar-refractivity contribution in [1.82, 2.24) is 0 Å². The van der Waals surface area contributed by atoms with Crippen LogP contribution in [0.25, 0.3) is 0 Å². The van der Waals surface area contributed by atoms with Gasteiger partial charge in [-0.15, -0.1) is 0 Å². The van der Waals surface area contributed by atoms with E-state index in [1.807, 2.05) is 6.07 Å². The van der Waals surface area contributed by atoms with Gasteiger partial charge in [-0.1, -0.05) is 23.7 Å². The molecule has 0 aliphatic carbocycles.